The molecule has 1 atom stereocenters. The molecule has 5 heteroatoms. The molecule has 1 aromatic heterocycles. The number of rotatable bonds is 5. The van der Waals surface area contributed by atoms with Gasteiger partial charge in [-0.05, 0) is 36.1 Å². The second kappa shape index (κ2) is 8.18. The maximum Gasteiger partial charge on any atom is 0.273 e. The summed E-state index contributed by atoms with van der Waals surface area (Å²) in [5.74, 6) is 0.725. The summed E-state index contributed by atoms with van der Waals surface area (Å²) >= 11 is 0. The van der Waals surface area contributed by atoms with Crippen molar-refractivity contribution in [2.75, 3.05) is 13.1 Å². The van der Waals surface area contributed by atoms with Gasteiger partial charge in [-0.25, -0.2) is 4.98 Å². The van der Waals surface area contributed by atoms with E-state index < -0.39 is 0 Å². The minimum absolute atomic E-state index is 0.184. The van der Waals surface area contributed by atoms with Crippen LogP contribution in [0.2, 0.25) is 0 Å². The number of oxazole rings is 1. The van der Waals surface area contributed by atoms with Crippen LogP contribution in [0.4, 0.5) is 0 Å². The van der Waals surface area contributed by atoms with Gasteiger partial charge >= 0.3 is 0 Å². The van der Waals surface area contributed by atoms with Crippen LogP contribution < -0.4 is 10.6 Å². The number of carbonyl (C=O) groups is 1. The van der Waals surface area contributed by atoms with Crippen molar-refractivity contribution in [2.24, 2.45) is 0 Å². The van der Waals surface area contributed by atoms with Crippen molar-refractivity contribution < 1.29 is 9.21 Å². The topological polar surface area (TPSA) is 67.2 Å². The first-order valence-electron chi connectivity index (χ1n) is 9.38. The second-order valence-corrected chi connectivity index (χ2v) is 6.85. The lowest BCUT2D eigenvalue weighted by molar-refractivity contribution is 0.0943. The van der Waals surface area contributed by atoms with Crippen LogP contribution in [0.25, 0.3) is 11.1 Å². The van der Waals surface area contributed by atoms with Crippen molar-refractivity contribution in [3.63, 3.8) is 0 Å². The van der Waals surface area contributed by atoms with E-state index in [-0.39, 0.29) is 11.8 Å². The zero-order valence-electron chi connectivity index (χ0n) is 15.2. The average Bonchev–Trinajstić information content (AvgIpc) is 3.24. The van der Waals surface area contributed by atoms with Crippen molar-refractivity contribution in [2.45, 2.75) is 25.3 Å². The van der Waals surface area contributed by atoms with Crippen molar-refractivity contribution in [3.8, 4) is 11.1 Å². The average molecular weight is 361 g/mol. The number of hydrogen-bond donors (Lipinski definition) is 2. The number of nitrogens with one attached hydrogen (secondary N) is 2. The van der Waals surface area contributed by atoms with Gasteiger partial charge in [0.2, 0.25) is 0 Å². The van der Waals surface area contributed by atoms with E-state index in [1.807, 2.05) is 30.3 Å². The van der Waals surface area contributed by atoms with Crippen molar-refractivity contribution >= 4 is 5.91 Å². The summed E-state index contributed by atoms with van der Waals surface area (Å²) < 4.78 is 5.53. The summed E-state index contributed by atoms with van der Waals surface area (Å²) in [7, 11) is 0. The van der Waals surface area contributed by atoms with E-state index in [4.69, 9.17) is 4.42 Å². The maximum atomic E-state index is 12.6. The molecule has 138 valence electrons. The summed E-state index contributed by atoms with van der Waals surface area (Å²) in [5, 5.41) is 6.30. The number of piperidine rings is 1. The number of carbonyl (C=O) groups excluding carboxylic acids is 1. The van der Waals surface area contributed by atoms with Crippen LogP contribution in [0.15, 0.2) is 65.4 Å². The summed E-state index contributed by atoms with van der Waals surface area (Å²) in [6, 6.07) is 18.5. The number of nitrogens with zero attached hydrogens (tertiary/aromatic N) is 1. The maximum absolute atomic E-state index is 12.6. The lowest BCUT2D eigenvalue weighted by atomic mass is 9.95. The largest absolute Gasteiger partial charge is 0.447 e. The first-order chi connectivity index (χ1) is 13.3. The SMILES string of the molecule is O=C(NCc1ccc(-c2ccccc2)cc1)c1ncoc1C1CCCNC1. The van der Waals surface area contributed by atoms with Crippen LogP contribution in [0.1, 0.15) is 40.6 Å². The summed E-state index contributed by atoms with van der Waals surface area (Å²) in [4.78, 5) is 16.7. The molecule has 27 heavy (non-hydrogen) atoms. The van der Waals surface area contributed by atoms with Crippen molar-refractivity contribution in [1.29, 1.82) is 0 Å². The molecule has 1 saturated heterocycles. The Morgan fingerprint density at radius 1 is 1.11 bits per heavy atom. The lowest BCUT2D eigenvalue weighted by Crippen LogP contribution is -2.30. The molecule has 1 aliphatic heterocycles. The number of hydrogen-bond acceptors (Lipinski definition) is 4. The fourth-order valence-corrected chi connectivity index (χ4v) is 3.50. The predicted octanol–water partition coefficient (Wildman–Crippen LogP) is 3.74. The monoisotopic (exact) mass is 361 g/mol. The molecule has 0 radical (unpaired) electrons. The van der Waals surface area contributed by atoms with Gasteiger partial charge in [0.25, 0.3) is 5.91 Å². The quantitative estimate of drug-likeness (QED) is 0.726. The van der Waals surface area contributed by atoms with Crippen LogP contribution in [-0.4, -0.2) is 24.0 Å². The van der Waals surface area contributed by atoms with Gasteiger partial charge in [-0.15, -0.1) is 0 Å². The third-order valence-corrected chi connectivity index (χ3v) is 4.99. The Morgan fingerprint density at radius 3 is 2.63 bits per heavy atom. The van der Waals surface area contributed by atoms with Gasteiger partial charge in [0.15, 0.2) is 12.1 Å². The molecule has 2 heterocycles. The van der Waals surface area contributed by atoms with Gasteiger partial charge in [-0.3, -0.25) is 4.79 Å². The molecule has 1 amide bonds. The molecule has 0 spiro atoms. The van der Waals surface area contributed by atoms with Crippen LogP contribution in [-0.2, 0) is 6.54 Å². The molecular formula is C22H23N3O2. The number of aromatic nitrogens is 1. The molecule has 2 N–H and O–H groups in total. The molecule has 1 fully saturated rings. The molecular weight excluding hydrogens is 338 g/mol. The van der Waals surface area contributed by atoms with Crippen LogP contribution >= 0.6 is 0 Å². The fourth-order valence-electron chi connectivity index (χ4n) is 3.50. The minimum Gasteiger partial charge on any atom is -0.447 e. The van der Waals surface area contributed by atoms with E-state index in [1.165, 1.54) is 12.0 Å². The summed E-state index contributed by atoms with van der Waals surface area (Å²) in [6.45, 7) is 2.31. The van der Waals surface area contributed by atoms with Gasteiger partial charge in [0.1, 0.15) is 5.76 Å². The highest BCUT2D eigenvalue weighted by molar-refractivity contribution is 5.93. The highest BCUT2D eigenvalue weighted by atomic mass is 16.3. The smallest absolute Gasteiger partial charge is 0.273 e. The Hall–Kier alpha value is -2.92. The van der Waals surface area contributed by atoms with Gasteiger partial charge in [0, 0.05) is 19.0 Å². The standard InChI is InChI=1S/C22H23N3O2/c26-22(20-21(27-15-25-20)19-7-4-12-23-14-19)24-13-16-8-10-18(11-9-16)17-5-2-1-3-6-17/h1-3,5-6,8-11,15,19,23H,4,7,12-14H2,(H,24,26). The van der Waals surface area contributed by atoms with Crippen LogP contribution in [0, 0.1) is 0 Å². The zero-order chi connectivity index (χ0) is 18.5. The Morgan fingerprint density at radius 2 is 1.89 bits per heavy atom. The first kappa shape index (κ1) is 17.5. The Kier molecular flexibility index (Phi) is 5.30. The van der Waals surface area contributed by atoms with E-state index in [0.717, 1.165) is 37.1 Å². The Labute approximate surface area is 158 Å². The molecule has 2 aromatic carbocycles. The normalized spacial score (nSPS) is 16.8. The van der Waals surface area contributed by atoms with Crippen molar-refractivity contribution in [1.82, 2.24) is 15.6 Å². The van der Waals surface area contributed by atoms with E-state index in [9.17, 15) is 4.79 Å². The van der Waals surface area contributed by atoms with Gasteiger partial charge in [-0.2, -0.15) is 0 Å². The highest BCUT2D eigenvalue weighted by Crippen LogP contribution is 2.26. The summed E-state index contributed by atoms with van der Waals surface area (Å²) in [6.07, 6.45) is 3.47. The number of benzene rings is 2. The molecule has 0 saturated carbocycles. The third-order valence-electron chi connectivity index (χ3n) is 4.99. The number of amides is 1. The minimum atomic E-state index is -0.184. The molecule has 0 aliphatic carbocycles. The zero-order valence-corrected chi connectivity index (χ0v) is 15.2. The summed E-state index contributed by atoms with van der Waals surface area (Å²) in [5.41, 5.74) is 3.80. The predicted molar refractivity (Wildman–Crippen MR) is 104 cm³/mol. The molecule has 0 bridgehead atoms. The van der Waals surface area contributed by atoms with Crippen LogP contribution in [0.5, 0.6) is 0 Å². The highest BCUT2D eigenvalue weighted by Gasteiger charge is 2.25. The Balaban J connectivity index is 1.39. The van der Waals surface area contributed by atoms with Gasteiger partial charge < -0.3 is 15.1 Å². The Bertz CT molecular complexity index is 881. The molecule has 1 aliphatic rings. The third kappa shape index (κ3) is 4.09. The molecule has 1 unspecified atom stereocenters. The fraction of sp³-hybridized carbons (Fsp3) is 0.273. The van der Waals surface area contributed by atoms with Crippen molar-refractivity contribution in [3.05, 3.63) is 78.0 Å². The van der Waals surface area contributed by atoms with Gasteiger partial charge in [0.05, 0.1) is 0 Å². The first-order valence-corrected chi connectivity index (χ1v) is 9.38. The lowest BCUT2D eigenvalue weighted by Gasteiger charge is -2.21. The van der Waals surface area contributed by atoms with E-state index in [1.54, 1.807) is 0 Å². The van der Waals surface area contributed by atoms with Gasteiger partial charge in [-0.1, -0.05) is 54.6 Å². The second-order valence-electron chi connectivity index (χ2n) is 6.85. The molecule has 4 rings (SSSR count). The van der Waals surface area contributed by atoms with Crippen LogP contribution in [0.3, 0.4) is 0 Å². The van der Waals surface area contributed by atoms with E-state index >= 15 is 0 Å². The van der Waals surface area contributed by atoms with E-state index in [2.05, 4.69) is 39.9 Å². The molecule has 3 aromatic rings. The van der Waals surface area contributed by atoms with E-state index in [0.29, 0.717) is 18.0 Å². The molecule has 5 nitrogen and oxygen atoms in total.